The first-order chi connectivity index (χ1) is 14.4. The molecule has 0 aliphatic carbocycles. The highest BCUT2D eigenvalue weighted by Gasteiger charge is 2.29. The summed E-state index contributed by atoms with van der Waals surface area (Å²) < 4.78 is 0. The summed E-state index contributed by atoms with van der Waals surface area (Å²) >= 11 is 1.61. The molecule has 1 aliphatic heterocycles. The minimum Gasteiger partial charge on any atom is -0.345 e. The molecule has 0 saturated carbocycles. The molecular weight excluding hydrogens is 398 g/mol. The van der Waals surface area contributed by atoms with Gasteiger partial charge >= 0.3 is 6.03 Å². The SMILES string of the molecule is Cc1ccc(CNC(=O)N[C@@H](CC(C)C)C(=O)N2CCN(c3nccs3)CC2)cc1. The highest BCUT2D eigenvalue weighted by atomic mass is 32.1. The van der Waals surface area contributed by atoms with Crippen LogP contribution in [-0.2, 0) is 11.3 Å². The Morgan fingerprint density at radius 2 is 1.83 bits per heavy atom. The molecule has 0 unspecified atom stereocenters. The van der Waals surface area contributed by atoms with Crippen molar-refractivity contribution in [2.24, 2.45) is 5.92 Å². The van der Waals surface area contributed by atoms with E-state index >= 15 is 0 Å². The fourth-order valence-corrected chi connectivity index (χ4v) is 4.20. The molecule has 0 radical (unpaired) electrons. The molecule has 1 aliphatic rings. The van der Waals surface area contributed by atoms with Crippen molar-refractivity contribution in [1.82, 2.24) is 20.5 Å². The van der Waals surface area contributed by atoms with Crippen LogP contribution in [0.15, 0.2) is 35.8 Å². The average molecular weight is 430 g/mol. The molecule has 7 nitrogen and oxygen atoms in total. The van der Waals surface area contributed by atoms with Gasteiger partial charge in [-0.2, -0.15) is 0 Å². The maximum absolute atomic E-state index is 13.1. The van der Waals surface area contributed by atoms with Crippen LogP contribution in [0.3, 0.4) is 0 Å². The Morgan fingerprint density at radius 3 is 2.43 bits per heavy atom. The molecule has 2 N–H and O–H groups in total. The van der Waals surface area contributed by atoms with Gasteiger partial charge in [0.05, 0.1) is 0 Å². The Balaban J connectivity index is 1.53. The summed E-state index contributed by atoms with van der Waals surface area (Å²) in [6, 6.07) is 7.20. The number of nitrogens with one attached hydrogen (secondary N) is 2. The van der Waals surface area contributed by atoms with Gasteiger partial charge in [-0.15, -0.1) is 11.3 Å². The number of amides is 3. The summed E-state index contributed by atoms with van der Waals surface area (Å²) in [6.45, 7) is 9.38. The van der Waals surface area contributed by atoms with E-state index in [-0.39, 0.29) is 11.9 Å². The van der Waals surface area contributed by atoms with Crippen molar-refractivity contribution in [2.75, 3.05) is 31.1 Å². The summed E-state index contributed by atoms with van der Waals surface area (Å²) in [4.78, 5) is 34.0. The summed E-state index contributed by atoms with van der Waals surface area (Å²) in [6.07, 6.45) is 2.42. The molecule has 0 bridgehead atoms. The van der Waals surface area contributed by atoms with E-state index in [4.69, 9.17) is 0 Å². The lowest BCUT2D eigenvalue weighted by Gasteiger charge is -2.36. The van der Waals surface area contributed by atoms with Crippen LogP contribution in [0.5, 0.6) is 0 Å². The number of hydrogen-bond donors (Lipinski definition) is 2. The lowest BCUT2D eigenvalue weighted by atomic mass is 10.0. The summed E-state index contributed by atoms with van der Waals surface area (Å²) in [5.41, 5.74) is 2.21. The number of aryl methyl sites for hydroxylation is 1. The zero-order valence-electron chi connectivity index (χ0n) is 17.9. The van der Waals surface area contributed by atoms with E-state index < -0.39 is 6.04 Å². The van der Waals surface area contributed by atoms with E-state index in [2.05, 4.69) is 34.4 Å². The van der Waals surface area contributed by atoms with Gasteiger partial charge in [0, 0.05) is 44.3 Å². The van der Waals surface area contributed by atoms with E-state index in [9.17, 15) is 9.59 Å². The number of carbonyl (C=O) groups excluding carboxylic acids is 2. The largest absolute Gasteiger partial charge is 0.345 e. The molecule has 3 amide bonds. The lowest BCUT2D eigenvalue weighted by molar-refractivity contribution is -0.133. The Bertz CT molecular complexity index is 815. The third-order valence-electron chi connectivity index (χ3n) is 5.17. The number of benzene rings is 1. The standard InChI is InChI=1S/C22H31N5O2S/c1-16(2)14-19(25-21(29)24-15-18-6-4-17(3)5-7-18)20(28)26-9-11-27(12-10-26)22-23-8-13-30-22/h4-8,13,16,19H,9-12,14-15H2,1-3H3,(H2,24,25,29)/t19-/m0/s1. The van der Waals surface area contributed by atoms with Crippen LogP contribution in [0.4, 0.5) is 9.93 Å². The Labute approximate surface area is 182 Å². The lowest BCUT2D eigenvalue weighted by Crippen LogP contribution is -2.56. The van der Waals surface area contributed by atoms with Gasteiger partial charge in [0.25, 0.3) is 0 Å². The van der Waals surface area contributed by atoms with Crippen LogP contribution in [0.2, 0.25) is 0 Å². The number of aromatic nitrogens is 1. The molecule has 1 aromatic heterocycles. The summed E-state index contributed by atoms with van der Waals surface area (Å²) in [5, 5.41) is 8.73. The Kier molecular flexibility index (Phi) is 7.68. The first-order valence-electron chi connectivity index (χ1n) is 10.5. The second-order valence-corrected chi connectivity index (χ2v) is 8.99. The number of anilines is 1. The van der Waals surface area contributed by atoms with Crippen molar-refractivity contribution in [1.29, 1.82) is 0 Å². The highest BCUT2D eigenvalue weighted by molar-refractivity contribution is 7.13. The number of nitrogens with zero attached hydrogens (tertiary/aromatic N) is 3. The Hall–Kier alpha value is -2.61. The fourth-order valence-electron chi connectivity index (χ4n) is 3.50. The van der Waals surface area contributed by atoms with Crippen LogP contribution < -0.4 is 15.5 Å². The topological polar surface area (TPSA) is 77.6 Å². The third-order valence-corrected chi connectivity index (χ3v) is 6.00. The molecule has 2 heterocycles. The quantitative estimate of drug-likeness (QED) is 0.709. The van der Waals surface area contributed by atoms with Crippen LogP contribution in [0.25, 0.3) is 0 Å². The van der Waals surface area contributed by atoms with Gasteiger partial charge in [-0.05, 0) is 24.8 Å². The highest BCUT2D eigenvalue weighted by Crippen LogP contribution is 2.19. The second-order valence-electron chi connectivity index (χ2n) is 8.12. The molecule has 3 rings (SSSR count). The Morgan fingerprint density at radius 1 is 1.13 bits per heavy atom. The maximum Gasteiger partial charge on any atom is 0.315 e. The van der Waals surface area contributed by atoms with E-state index in [0.717, 1.165) is 23.8 Å². The van der Waals surface area contributed by atoms with Gasteiger partial charge in [-0.25, -0.2) is 9.78 Å². The number of rotatable bonds is 7. The minimum atomic E-state index is -0.519. The minimum absolute atomic E-state index is 0.00650. The molecule has 8 heteroatoms. The van der Waals surface area contributed by atoms with E-state index in [1.165, 1.54) is 5.56 Å². The van der Waals surface area contributed by atoms with Gasteiger partial charge in [-0.3, -0.25) is 4.79 Å². The molecule has 0 spiro atoms. The third kappa shape index (κ3) is 6.19. The molecule has 1 saturated heterocycles. The average Bonchev–Trinajstić information content (AvgIpc) is 3.27. The number of urea groups is 1. The number of hydrogen-bond acceptors (Lipinski definition) is 5. The maximum atomic E-state index is 13.1. The zero-order chi connectivity index (χ0) is 21.5. The smallest absolute Gasteiger partial charge is 0.315 e. The predicted molar refractivity (Wildman–Crippen MR) is 121 cm³/mol. The first kappa shape index (κ1) is 22.1. The van der Waals surface area contributed by atoms with Crippen LogP contribution in [0.1, 0.15) is 31.4 Å². The van der Waals surface area contributed by atoms with Crippen LogP contribution >= 0.6 is 11.3 Å². The van der Waals surface area contributed by atoms with Gasteiger partial charge in [0.1, 0.15) is 6.04 Å². The zero-order valence-corrected chi connectivity index (χ0v) is 18.7. The van der Waals surface area contributed by atoms with Gasteiger partial charge in [0.2, 0.25) is 5.91 Å². The predicted octanol–water partition coefficient (Wildman–Crippen LogP) is 3.01. The molecule has 1 atom stereocenters. The van der Waals surface area contributed by atoms with E-state index in [1.807, 2.05) is 41.5 Å². The monoisotopic (exact) mass is 429 g/mol. The normalized spacial score (nSPS) is 15.2. The van der Waals surface area contributed by atoms with Crippen molar-refractivity contribution < 1.29 is 9.59 Å². The van der Waals surface area contributed by atoms with Gasteiger partial charge in [0.15, 0.2) is 5.13 Å². The summed E-state index contributed by atoms with van der Waals surface area (Å²) in [5.74, 6) is 0.293. The first-order valence-corrected chi connectivity index (χ1v) is 11.3. The molecule has 2 aromatic rings. The van der Waals surface area contributed by atoms with Crippen molar-refractivity contribution in [3.63, 3.8) is 0 Å². The van der Waals surface area contributed by atoms with Crippen molar-refractivity contribution in [3.05, 3.63) is 47.0 Å². The number of piperazine rings is 1. The molecule has 162 valence electrons. The van der Waals surface area contributed by atoms with Gasteiger partial charge in [-0.1, -0.05) is 43.7 Å². The number of carbonyl (C=O) groups is 2. The molecular formula is C22H31N5O2S. The van der Waals surface area contributed by atoms with E-state index in [1.54, 1.807) is 17.5 Å². The molecule has 1 fully saturated rings. The fraction of sp³-hybridized carbons (Fsp3) is 0.500. The van der Waals surface area contributed by atoms with Crippen molar-refractivity contribution >= 4 is 28.4 Å². The number of thiazole rings is 1. The van der Waals surface area contributed by atoms with Crippen molar-refractivity contribution in [2.45, 2.75) is 39.8 Å². The van der Waals surface area contributed by atoms with Gasteiger partial charge < -0.3 is 20.4 Å². The van der Waals surface area contributed by atoms with E-state index in [0.29, 0.717) is 32.0 Å². The van der Waals surface area contributed by atoms with Crippen LogP contribution in [0, 0.1) is 12.8 Å². The van der Waals surface area contributed by atoms with Crippen molar-refractivity contribution in [3.8, 4) is 0 Å². The second kappa shape index (κ2) is 10.4. The van der Waals surface area contributed by atoms with Crippen LogP contribution in [-0.4, -0.2) is 54.0 Å². The summed E-state index contributed by atoms with van der Waals surface area (Å²) in [7, 11) is 0. The molecule has 30 heavy (non-hydrogen) atoms. The molecule has 1 aromatic carbocycles.